The molecule has 0 amide bonds. The molecule has 0 radical (unpaired) electrons. The molecule has 166 valence electrons. The Morgan fingerprint density at radius 1 is 1.10 bits per heavy atom. The minimum atomic E-state index is -0.722. The third-order valence-electron chi connectivity index (χ3n) is 4.12. The molecule has 0 heterocycles. The van der Waals surface area contributed by atoms with Crippen LogP contribution in [-0.2, 0) is 6.54 Å². The Labute approximate surface area is 195 Å². The highest BCUT2D eigenvalue weighted by Crippen LogP contribution is 2.23. The number of halogens is 1. The standard InChI is InChI=1S/C22H31N3O4.HI/c1-5-23-22(24-13-17-12-18(28-4)9-10-20(17)26)25-14-21(27)16-7-6-8-19(11-16)29-15(2)3;/h6-12,15,21,26-27H,5,13-14H2,1-4H3,(H2,23,24,25);1H. The summed E-state index contributed by atoms with van der Waals surface area (Å²) in [7, 11) is 1.58. The zero-order valence-corrected chi connectivity index (χ0v) is 20.2. The number of methoxy groups -OCH3 is 1. The fourth-order valence-electron chi connectivity index (χ4n) is 2.70. The maximum atomic E-state index is 10.5. The zero-order chi connectivity index (χ0) is 21.2. The van der Waals surface area contributed by atoms with E-state index in [0.29, 0.717) is 23.8 Å². The molecule has 0 saturated heterocycles. The first-order valence-corrected chi connectivity index (χ1v) is 9.75. The molecular formula is C22H32IN3O4. The zero-order valence-electron chi connectivity index (χ0n) is 17.9. The first-order valence-electron chi connectivity index (χ1n) is 9.75. The van der Waals surface area contributed by atoms with E-state index < -0.39 is 6.10 Å². The SMILES string of the molecule is CCNC(=NCc1cc(OC)ccc1O)NCC(O)c1cccc(OC(C)C)c1.I. The summed E-state index contributed by atoms with van der Waals surface area (Å²) in [5.41, 5.74) is 1.41. The summed E-state index contributed by atoms with van der Waals surface area (Å²) >= 11 is 0. The first-order chi connectivity index (χ1) is 13.9. The van der Waals surface area contributed by atoms with E-state index in [9.17, 15) is 10.2 Å². The van der Waals surface area contributed by atoms with Gasteiger partial charge in [-0.25, -0.2) is 4.99 Å². The van der Waals surface area contributed by atoms with Crippen LogP contribution in [0.25, 0.3) is 0 Å². The number of phenols is 1. The number of aromatic hydroxyl groups is 1. The number of phenolic OH excluding ortho intramolecular Hbond substituents is 1. The second-order valence-corrected chi connectivity index (χ2v) is 6.83. The van der Waals surface area contributed by atoms with Crippen LogP contribution in [-0.4, -0.2) is 42.5 Å². The van der Waals surface area contributed by atoms with Crippen molar-refractivity contribution in [3.05, 3.63) is 53.6 Å². The number of guanidine groups is 1. The smallest absolute Gasteiger partial charge is 0.191 e. The Balaban J connectivity index is 0.00000450. The number of ether oxygens (including phenoxy) is 2. The quantitative estimate of drug-likeness (QED) is 0.225. The van der Waals surface area contributed by atoms with Gasteiger partial charge in [-0.3, -0.25) is 0 Å². The van der Waals surface area contributed by atoms with Crippen LogP contribution in [0, 0.1) is 0 Å². The van der Waals surface area contributed by atoms with E-state index in [1.54, 1.807) is 25.3 Å². The lowest BCUT2D eigenvalue weighted by Crippen LogP contribution is -2.39. The summed E-state index contributed by atoms with van der Waals surface area (Å²) in [5, 5.41) is 26.8. The van der Waals surface area contributed by atoms with Gasteiger partial charge in [0.2, 0.25) is 0 Å². The van der Waals surface area contributed by atoms with Gasteiger partial charge >= 0.3 is 0 Å². The van der Waals surface area contributed by atoms with Gasteiger partial charge in [0, 0.05) is 18.7 Å². The van der Waals surface area contributed by atoms with Crippen molar-refractivity contribution < 1.29 is 19.7 Å². The molecule has 0 saturated carbocycles. The van der Waals surface area contributed by atoms with Gasteiger partial charge < -0.3 is 30.3 Å². The molecule has 2 aromatic carbocycles. The summed E-state index contributed by atoms with van der Waals surface area (Å²) in [6, 6.07) is 12.5. The number of aliphatic hydroxyl groups is 1. The average Bonchev–Trinajstić information content (AvgIpc) is 2.70. The summed E-state index contributed by atoms with van der Waals surface area (Å²) in [5.74, 6) is 2.09. The van der Waals surface area contributed by atoms with E-state index in [-0.39, 0.29) is 48.9 Å². The van der Waals surface area contributed by atoms with E-state index >= 15 is 0 Å². The van der Waals surface area contributed by atoms with Crippen molar-refractivity contribution in [1.82, 2.24) is 10.6 Å². The average molecular weight is 529 g/mol. The molecule has 0 fully saturated rings. The lowest BCUT2D eigenvalue weighted by molar-refractivity contribution is 0.179. The van der Waals surface area contributed by atoms with Crippen LogP contribution in [0.4, 0.5) is 0 Å². The molecule has 0 aliphatic heterocycles. The van der Waals surface area contributed by atoms with E-state index in [1.165, 1.54) is 0 Å². The fourth-order valence-corrected chi connectivity index (χ4v) is 2.70. The lowest BCUT2D eigenvalue weighted by atomic mass is 10.1. The molecule has 30 heavy (non-hydrogen) atoms. The minimum Gasteiger partial charge on any atom is -0.508 e. The predicted octanol–water partition coefficient (Wildman–Crippen LogP) is 3.59. The van der Waals surface area contributed by atoms with Gasteiger partial charge in [-0.2, -0.15) is 0 Å². The number of aliphatic imine (C=N–C) groups is 1. The number of aliphatic hydroxyl groups excluding tert-OH is 1. The normalized spacial score (nSPS) is 12.1. The van der Waals surface area contributed by atoms with Gasteiger partial charge in [-0.05, 0) is 56.7 Å². The van der Waals surface area contributed by atoms with Gasteiger partial charge in [0.05, 0.1) is 25.9 Å². The molecule has 2 aromatic rings. The first kappa shape index (κ1) is 25.8. The van der Waals surface area contributed by atoms with Crippen LogP contribution < -0.4 is 20.1 Å². The van der Waals surface area contributed by atoms with Crippen molar-refractivity contribution in [2.45, 2.75) is 39.5 Å². The van der Waals surface area contributed by atoms with Gasteiger partial charge in [-0.1, -0.05) is 12.1 Å². The molecule has 0 aliphatic carbocycles. The van der Waals surface area contributed by atoms with Crippen LogP contribution in [0.5, 0.6) is 17.2 Å². The van der Waals surface area contributed by atoms with Gasteiger partial charge in [-0.15, -0.1) is 24.0 Å². The summed E-state index contributed by atoms with van der Waals surface area (Å²) in [6.07, 6.45) is -0.652. The second kappa shape index (κ2) is 13.2. The third kappa shape index (κ3) is 8.27. The van der Waals surface area contributed by atoms with Crippen molar-refractivity contribution in [3.63, 3.8) is 0 Å². The summed E-state index contributed by atoms with van der Waals surface area (Å²) in [4.78, 5) is 4.49. The Kier molecular flexibility index (Phi) is 11.3. The fraction of sp³-hybridized carbons (Fsp3) is 0.409. The Morgan fingerprint density at radius 2 is 1.87 bits per heavy atom. The number of nitrogens with zero attached hydrogens (tertiary/aromatic N) is 1. The maximum Gasteiger partial charge on any atom is 0.191 e. The summed E-state index contributed by atoms with van der Waals surface area (Å²) < 4.78 is 10.9. The Morgan fingerprint density at radius 3 is 2.53 bits per heavy atom. The Hall–Kier alpha value is -2.20. The topological polar surface area (TPSA) is 95.3 Å². The van der Waals surface area contributed by atoms with E-state index in [2.05, 4.69) is 15.6 Å². The highest BCUT2D eigenvalue weighted by molar-refractivity contribution is 14.0. The molecule has 2 rings (SSSR count). The largest absolute Gasteiger partial charge is 0.508 e. The molecule has 4 N–H and O–H groups in total. The Bertz CT molecular complexity index is 815. The number of hydrogen-bond acceptors (Lipinski definition) is 5. The van der Waals surface area contributed by atoms with Crippen molar-refractivity contribution in [3.8, 4) is 17.2 Å². The molecule has 7 nitrogen and oxygen atoms in total. The minimum absolute atomic E-state index is 0. The van der Waals surface area contributed by atoms with Crippen LogP contribution in [0.2, 0.25) is 0 Å². The molecule has 0 aromatic heterocycles. The van der Waals surface area contributed by atoms with Gasteiger partial charge in [0.1, 0.15) is 17.2 Å². The summed E-state index contributed by atoms with van der Waals surface area (Å²) in [6.45, 7) is 7.11. The number of rotatable bonds is 9. The molecule has 1 unspecified atom stereocenters. The molecule has 0 spiro atoms. The highest BCUT2D eigenvalue weighted by Gasteiger charge is 2.11. The van der Waals surface area contributed by atoms with Crippen molar-refractivity contribution in [1.29, 1.82) is 0 Å². The molecule has 0 aliphatic rings. The maximum absolute atomic E-state index is 10.5. The molecule has 1 atom stereocenters. The molecule has 0 bridgehead atoms. The van der Waals surface area contributed by atoms with Crippen LogP contribution in [0.15, 0.2) is 47.5 Å². The van der Waals surface area contributed by atoms with Crippen LogP contribution >= 0.6 is 24.0 Å². The van der Waals surface area contributed by atoms with Gasteiger partial charge in [0.15, 0.2) is 5.96 Å². The number of benzene rings is 2. The lowest BCUT2D eigenvalue weighted by Gasteiger charge is -2.17. The highest BCUT2D eigenvalue weighted by atomic mass is 127. The van der Waals surface area contributed by atoms with Crippen LogP contribution in [0.3, 0.4) is 0 Å². The second-order valence-electron chi connectivity index (χ2n) is 6.83. The van der Waals surface area contributed by atoms with Crippen LogP contribution in [0.1, 0.15) is 38.0 Å². The van der Waals surface area contributed by atoms with Crippen molar-refractivity contribution >= 4 is 29.9 Å². The van der Waals surface area contributed by atoms with E-state index in [4.69, 9.17) is 9.47 Å². The molecule has 8 heteroatoms. The monoisotopic (exact) mass is 529 g/mol. The van der Waals surface area contributed by atoms with Gasteiger partial charge in [0.25, 0.3) is 0 Å². The molecular weight excluding hydrogens is 497 g/mol. The number of hydrogen-bond donors (Lipinski definition) is 4. The third-order valence-corrected chi connectivity index (χ3v) is 4.12. The van der Waals surface area contributed by atoms with E-state index in [0.717, 1.165) is 11.3 Å². The number of nitrogens with one attached hydrogen (secondary N) is 2. The van der Waals surface area contributed by atoms with Crippen molar-refractivity contribution in [2.24, 2.45) is 4.99 Å². The van der Waals surface area contributed by atoms with Crippen molar-refractivity contribution in [2.75, 3.05) is 20.2 Å². The predicted molar refractivity (Wildman–Crippen MR) is 130 cm³/mol. The van der Waals surface area contributed by atoms with E-state index in [1.807, 2.05) is 45.0 Å².